The van der Waals surface area contributed by atoms with Crippen LogP contribution < -0.4 is 5.32 Å². The molecule has 1 fully saturated rings. The lowest BCUT2D eigenvalue weighted by Crippen LogP contribution is -2.28. The van der Waals surface area contributed by atoms with E-state index in [1.165, 1.54) is 4.57 Å². The van der Waals surface area contributed by atoms with Crippen molar-refractivity contribution >= 4 is 0 Å². The molecule has 6 heteroatoms. The molecule has 0 atom stereocenters. The highest BCUT2D eigenvalue weighted by Gasteiger charge is 2.41. The lowest BCUT2D eigenvalue weighted by Gasteiger charge is -2.30. The van der Waals surface area contributed by atoms with Crippen LogP contribution in [0.15, 0.2) is 0 Å². The molecule has 1 aliphatic heterocycles. The number of fused-ring (bicyclic) bond motifs is 1. The topological polar surface area (TPSA) is 29.9 Å². The number of halogens is 3. The largest absolute Gasteiger partial charge is 0.449 e. The molecular formula is C14H20F3N3. The molecular weight excluding hydrogens is 267 g/mol. The summed E-state index contributed by atoms with van der Waals surface area (Å²) in [6.45, 7) is 3.36. The molecule has 1 aromatic heterocycles. The van der Waals surface area contributed by atoms with E-state index in [9.17, 15) is 13.2 Å². The molecule has 2 heterocycles. The van der Waals surface area contributed by atoms with Crippen molar-refractivity contribution in [3.63, 3.8) is 0 Å². The van der Waals surface area contributed by atoms with Crippen molar-refractivity contribution in [2.45, 2.75) is 57.8 Å². The van der Waals surface area contributed by atoms with Gasteiger partial charge in [0.15, 0.2) is 0 Å². The van der Waals surface area contributed by atoms with Crippen LogP contribution in [0.5, 0.6) is 0 Å². The molecule has 20 heavy (non-hydrogen) atoms. The van der Waals surface area contributed by atoms with Gasteiger partial charge >= 0.3 is 6.18 Å². The maximum atomic E-state index is 13.3. The predicted molar refractivity (Wildman–Crippen MR) is 69.3 cm³/mol. The summed E-state index contributed by atoms with van der Waals surface area (Å²) in [7, 11) is 0. The lowest BCUT2D eigenvalue weighted by atomic mass is 9.87. The van der Waals surface area contributed by atoms with Crippen LogP contribution in [0.2, 0.25) is 0 Å². The van der Waals surface area contributed by atoms with E-state index in [1.54, 1.807) is 0 Å². The van der Waals surface area contributed by atoms with Crippen molar-refractivity contribution in [1.82, 2.24) is 14.9 Å². The van der Waals surface area contributed by atoms with Gasteiger partial charge in [-0.3, -0.25) is 0 Å². The molecule has 3 rings (SSSR count). The van der Waals surface area contributed by atoms with Gasteiger partial charge in [0.25, 0.3) is 0 Å². The number of imidazole rings is 1. The van der Waals surface area contributed by atoms with Crippen LogP contribution in [0.25, 0.3) is 0 Å². The molecule has 1 aliphatic carbocycles. The van der Waals surface area contributed by atoms with Gasteiger partial charge in [0.05, 0.1) is 5.69 Å². The van der Waals surface area contributed by atoms with Crippen LogP contribution in [0, 0.1) is 5.92 Å². The Labute approximate surface area is 116 Å². The number of nitrogens with one attached hydrogen (secondary N) is 1. The van der Waals surface area contributed by atoms with Crippen LogP contribution in [-0.2, 0) is 19.1 Å². The predicted octanol–water partition coefficient (Wildman–Crippen LogP) is 3.30. The van der Waals surface area contributed by atoms with Gasteiger partial charge in [-0.05, 0) is 31.6 Å². The van der Waals surface area contributed by atoms with Crippen molar-refractivity contribution < 1.29 is 13.2 Å². The maximum Gasteiger partial charge on any atom is 0.449 e. The third-order valence-electron chi connectivity index (χ3n) is 4.53. The minimum absolute atomic E-state index is 0.0304. The minimum atomic E-state index is -4.36. The highest BCUT2D eigenvalue weighted by molar-refractivity contribution is 5.23. The van der Waals surface area contributed by atoms with Gasteiger partial charge in [-0.25, -0.2) is 4.98 Å². The van der Waals surface area contributed by atoms with Gasteiger partial charge in [-0.1, -0.05) is 6.92 Å². The van der Waals surface area contributed by atoms with Crippen LogP contribution in [0.1, 0.15) is 55.9 Å². The molecule has 0 radical (unpaired) electrons. The summed E-state index contributed by atoms with van der Waals surface area (Å²) in [5, 5.41) is 3.10. The number of hydrogen-bond acceptors (Lipinski definition) is 2. The van der Waals surface area contributed by atoms with E-state index in [4.69, 9.17) is 0 Å². The first-order valence-electron chi connectivity index (χ1n) is 7.34. The van der Waals surface area contributed by atoms with Crippen LogP contribution in [-0.4, -0.2) is 16.1 Å². The summed E-state index contributed by atoms with van der Waals surface area (Å²) in [5.41, 5.74) is 1.39. The Balaban J connectivity index is 2.00. The third-order valence-corrected chi connectivity index (χ3v) is 4.53. The standard InChI is InChI=1S/C14H20F3N3/c1-9-2-4-10(5-3-9)20-12-6-7-18-8-11(12)19-13(20)14(15,16)17/h9-10,18H,2-8H2,1H3. The number of aromatic nitrogens is 2. The second-order valence-corrected chi connectivity index (χ2v) is 6.04. The lowest BCUT2D eigenvalue weighted by molar-refractivity contribution is -0.148. The molecule has 1 aromatic rings. The normalized spacial score (nSPS) is 27.4. The second-order valence-electron chi connectivity index (χ2n) is 6.04. The van der Waals surface area contributed by atoms with Gasteiger partial charge in [0.2, 0.25) is 5.82 Å². The van der Waals surface area contributed by atoms with Crippen LogP contribution in [0.4, 0.5) is 13.2 Å². The molecule has 0 saturated heterocycles. The molecule has 0 bridgehead atoms. The summed E-state index contributed by atoms with van der Waals surface area (Å²) >= 11 is 0. The van der Waals surface area contributed by atoms with E-state index in [-0.39, 0.29) is 6.04 Å². The van der Waals surface area contributed by atoms with Crippen LogP contribution >= 0.6 is 0 Å². The average molecular weight is 287 g/mol. The average Bonchev–Trinajstić information content (AvgIpc) is 2.79. The zero-order chi connectivity index (χ0) is 14.3. The zero-order valence-electron chi connectivity index (χ0n) is 11.6. The molecule has 0 unspecified atom stereocenters. The van der Waals surface area contributed by atoms with E-state index >= 15 is 0 Å². The summed E-state index contributed by atoms with van der Waals surface area (Å²) in [6.07, 6.45) is -0.0356. The van der Waals surface area contributed by atoms with E-state index < -0.39 is 12.0 Å². The van der Waals surface area contributed by atoms with Crippen molar-refractivity contribution in [1.29, 1.82) is 0 Å². The molecule has 0 amide bonds. The monoisotopic (exact) mass is 287 g/mol. The van der Waals surface area contributed by atoms with Crippen LogP contribution in [0.3, 0.4) is 0 Å². The Kier molecular flexibility index (Phi) is 3.52. The SMILES string of the molecule is CC1CCC(n2c(C(F)(F)F)nc3c2CCNC3)CC1. The number of nitrogens with zero attached hydrogens (tertiary/aromatic N) is 2. The van der Waals surface area contributed by atoms with E-state index in [0.717, 1.165) is 37.9 Å². The Morgan fingerprint density at radius 2 is 1.90 bits per heavy atom. The van der Waals surface area contributed by atoms with Gasteiger partial charge in [0.1, 0.15) is 0 Å². The summed E-state index contributed by atoms with van der Waals surface area (Å²) < 4.78 is 41.3. The molecule has 0 spiro atoms. The van der Waals surface area contributed by atoms with Gasteiger partial charge in [-0.15, -0.1) is 0 Å². The quantitative estimate of drug-likeness (QED) is 0.859. The smallest absolute Gasteiger partial charge is 0.321 e. The Morgan fingerprint density at radius 3 is 2.55 bits per heavy atom. The van der Waals surface area contributed by atoms with Gasteiger partial charge < -0.3 is 9.88 Å². The first-order valence-corrected chi connectivity index (χ1v) is 7.34. The van der Waals surface area contributed by atoms with E-state index in [0.29, 0.717) is 24.6 Å². The maximum absolute atomic E-state index is 13.3. The summed E-state index contributed by atoms with van der Waals surface area (Å²) in [6, 6.07) is -0.0304. The zero-order valence-corrected chi connectivity index (χ0v) is 11.6. The second kappa shape index (κ2) is 5.06. The van der Waals surface area contributed by atoms with Crippen molar-refractivity contribution in [3.8, 4) is 0 Å². The van der Waals surface area contributed by atoms with E-state index in [1.807, 2.05) is 0 Å². The summed E-state index contributed by atoms with van der Waals surface area (Å²) in [4.78, 5) is 3.89. The van der Waals surface area contributed by atoms with Crippen molar-refractivity contribution in [3.05, 3.63) is 17.2 Å². The Hall–Kier alpha value is -1.04. The number of rotatable bonds is 1. The number of alkyl halides is 3. The molecule has 0 aromatic carbocycles. The molecule has 1 saturated carbocycles. The highest BCUT2D eigenvalue weighted by atomic mass is 19.4. The first kappa shape index (κ1) is 13.9. The fraction of sp³-hybridized carbons (Fsp3) is 0.786. The minimum Gasteiger partial charge on any atom is -0.321 e. The van der Waals surface area contributed by atoms with Crippen molar-refractivity contribution in [2.75, 3.05) is 6.54 Å². The fourth-order valence-electron chi connectivity index (χ4n) is 3.43. The number of hydrogen-bond donors (Lipinski definition) is 1. The van der Waals surface area contributed by atoms with E-state index in [2.05, 4.69) is 17.2 Å². The first-order chi connectivity index (χ1) is 9.47. The van der Waals surface area contributed by atoms with Gasteiger partial charge in [0, 0.05) is 31.2 Å². The molecule has 1 N–H and O–H groups in total. The molecule has 112 valence electrons. The van der Waals surface area contributed by atoms with Crippen molar-refractivity contribution in [2.24, 2.45) is 5.92 Å². The highest BCUT2D eigenvalue weighted by Crippen LogP contribution is 2.39. The molecule has 2 aliphatic rings. The summed E-state index contributed by atoms with van der Waals surface area (Å²) in [5.74, 6) is -0.0626. The molecule has 3 nitrogen and oxygen atoms in total. The Morgan fingerprint density at radius 1 is 1.20 bits per heavy atom. The Bertz CT molecular complexity index is 485. The third kappa shape index (κ3) is 2.45. The fourth-order valence-corrected chi connectivity index (χ4v) is 3.43. The van der Waals surface area contributed by atoms with Gasteiger partial charge in [-0.2, -0.15) is 13.2 Å².